The zero-order valence-corrected chi connectivity index (χ0v) is 8.64. The third-order valence-electron chi connectivity index (χ3n) is 3.31. The average Bonchev–Trinajstić information content (AvgIpc) is 2.14. The zero-order chi connectivity index (χ0) is 10.9. The normalized spacial score (nSPS) is 23.7. The second kappa shape index (κ2) is 4.04. The molecule has 1 amide bonds. The second-order valence-corrected chi connectivity index (χ2v) is 4.29. The third-order valence-corrected chi connectivity index (χ3v) is 3.31. The van der Waals surface area contributed by atoms with Crippen LogP contribution in [-0.4, -0.2) is 42.9 Å². The molecule has 3 nitrogen and oxygen atoms in total. The molecule has 1 N–H and O–H groups in total. The summed E-state index contributed by atoms with van der Waals surface area (Å²) >= 11 is 0. The minimum atomic E-state index is -3.13. The number of nitrogens with one attached hydrogen (secondary N) is 1. The van der Waals surface area contributed by atoms with Gasteiger partial charge in [0.1, 0.15) is 0 Å². The molecule has 1 heterocycles. The molecule has 0 bridgehead atoms. The summed E-state index contributed by atoms with van der Waals surface area (Å²) in [5, 5.41) is 3.04. The summed E-state index contributed by atoms with van der Waals surface area (Å²) in [6.07, 6.45) is 1.81. The van der Waals surface area contributed by atoms with Gasteiger partial charge in [0.2, 0.25) is 0 Å². The molecular weight excluding hydrogens is 202 g/mol. The molecule has 0 atom stereocenters. The Bertz CT molecular complexity index is 248. The Morgan fingerprint density at radius 1 is 1.27 bits per heavy atom. The molecule has 5 heteroatoms. The van der Waals surface area contributed by atoms with Crippen molar-refractivity contribution in [1.29, 1.82) is 0 Å². The number of halogens is 2. The van der Waals surface area contributed by atoms with Gasteiger partial charge >= 0.3 is 5.92 Å². The highest BCUT2D eigenvalue weighted by Gasteiger charge is 2.51. The molecule has 0 aromatic rings. The largest absolute Gasteiger partial charge is 0.335 e. The number of carbonyl (C=O) groups is 1. The second-order valence-electron chi connectivity index (χ2n) is 4.29. The quantitative estimate of drug-likeness (QED) is 0.745. The molecule has 0 spiro atoms. The van der Waals surface area contributed by atoms with E-state index in [2.05, 4.69) is 5.32 Å². The van der Waals surface area contributed by atoms with Gasteiger partial charge in [-0.05, 0) is 12.8 Å². The van der Waals surface area contributed by atoms with Crippen LogP contribution in [0.5, 0.6) is 0 Å². The van der Waals surface area contributed by atoms with Crippen molar-refractivity contribution < 1.29 is 13.6 Å². The van der Waals surface area contributed by atoms with Crippen LogP contribution < -0.4 is 5.32 Å². The molecule has 0 unspecified atom stereocenters. The van der Waals surface area contributed by atoms with Crippen molar-refractivity contribution in [3.8, 4) is 0 Å². The molecule has 2 rings (SSSR count). The number of piperazine rings is 1. The van der Waals surface area contributed by atoms with Crippen LogP contribution >= 0.6 is 0 Å². The molecule has 86 valence electrons. The first kappa shape index (κ1) is 10.8. The summed E-state index contributed by atoms with van der Waals surface area (Å²) in [7, 11) is 0. The van der Waals surface area contributed by atoms with Gasteiger partial charge in [-0.25, -0.2) is 0 Å². The highest BCUT2D eigenvalue weighted by Crippen LogP contribution is 2.40. The molecule has 1 saturated carbocycles. The lowest BCUT2D eigenvalue weighted by Crippen LogP contribution is -2.55. The molecule has 1 saturated heterocycles. The minimum absolute atomic E-state index is 0.404. The van der Waals surface area contributed by atoms with E-state index in [4.69, 9.17) is 0 Å². The van der Waals surface area contributed by atoms with Gasteiger partial charge in [0.15, 0.2) is 0 Å². The first-order valence-corrected chi connectivity index (χ1v) is 5.50. The molecule has 2 fully saturated rings. The van der Waals surface area contributed by atoms with Gasteiger partial charge < -0.3 is 10.2 Å². The predicted octanol–water partition coefficient (Wildman–Crippen LogP) is 0.854. The van der Waals surface area contributed by atoms with Gasteiger partial charge in [-0.2, -0.15) is 8.78 Å². The Balaban J connectivity index is 1.98. The third kappa shape index (κ3) is 1.97. The molecule has 0 aromatic heterocycles. The first-order chi connectivity index (χ1) is 7.12. The van der Waals surface area contributed by atoms with Gasteiger partial charge in [-0.3, -0.25) is 4.79 Å². The van der Waals surface area contributed by atoms with Crippen molar-refractivity contribution in [3.05, 3.63) is 0 Å². The van der Waals surface area contributed by atoms with E-state index in [9.17, 15) is 13.6 Å². The maximum Gasteiger partial charge on any atom is 0.327 e. The number of rotatable bonds is 2. The number of carbonyl (C=O) groups excluding carboxylic acids is 1. The molecule has 0 radical (unpaired) electrons. The monoisotopic (exact) mass is 218 g/mol. The van der Waals surface area contributed by atoms with Crippen LogP contribution in [0.25, 0.3) is 0 Å². The summed E-state index contributed by atoms with van der Waals surface area (Å²) in [6.45, 7) is 2.04. The van der Waals surface area contributed by atoms with Crippen molar-refractivity contribution in [3.63, 3.8) is 0 Å². The standard InChI is InChI=1S/C10H16F2N2O/c11-10(12,8-2-1-3-8)9(15)14-6-4-13-5-7-14/h8,13H,1-7H2. The van der Waals surface area contributed by atoms with E-state index in [0.29, 0.717) is 39.0 Å². The van der Waals surface area contributed by atoms with Crippen LogP contribution in [0.3, 0.4) is 0 Å². The average molecular weight is 218 g/mol. The number of hydrogen-bond donors (Lipinski definition) is 1. The van der Waals surface area contributed by atoms with E-state index in [-0.39, 0.29) is 0 Å². The molecule has 0 aromatic carbocycles. The molecular formula is C10H16F2N2O. The fourth-order valence-corrected chi connectivity index (χ4v) is 2.02. The molecule has 2 aliphatic rings. The fourth-order valence-electron chi connectivity index (χ4n) is 2.02. The number of alkyl halides is 2. The SMILES string of the molecule is O=C(N1CCNCC1)C(F)(F)C1CCC1. The summed E-state index contributed by atoms with van der Waals surface area (Å²) in [4.78, 5) is 12.9. The number of amides is 1. The maximum atomic E-state index is 13.6. The van der Waals surface area contributed by atoms with Crippen LogP contribution in [-0.2, 0) is 4.79 Å². The van der Waals surface area contributed by atoms with E-state index in [1.807, 2.05) is 0 Å². The summed E-state index contributed by atoms with van der Waals surface area (Å²) in [6, 6.07) is 0. The first-order valence-electron chi connectivity index (χ1n) is 5.50. The Labute approximate surface area is 87.8 Å². The van der Waals surface area contributed by atoms with Crippen LogP contribution in [0.1, 0.15) is 19.3 Å². The summed E-state index contributed by atoms with van der Waals surface area (Å²) < 4.78 is 27.3. The molecule has 1 aliphatic carbocycles. The lowest BCUT2D eigenvalue weighted by atomic mass is 9.80. The van der Waals surface area contributed by atoms with Crippen LogP contribution in [0, 0.1) is 5.92 Å². The Morgan fingerprint density at radius 3 is 2.33 bits per heavy atom. The lowest BCUT2D eigenvalue weighted by molar-refractivity contribution is -0.171. The predicted molar refractivity (Wildman–Crippen MR) is 51.7 cm³/mol. The minimum Gasteiger partial charge on any atom is -0.335 e. The summed E-state index contributed by atoms with van der Waals surface area (Å²) in [5.74, 6) is -4.80. The van der Waals surface area contributed by atoms with E-state index in [1.54, 1.807) is 0 Å². The van der Waals surface area contributed by atoms with E-state index >= 15 is 0 Å². The van der Waals surface area contributed by atoms with Crippen molar-refractivity contribution >= 4 is 5.91 Å². The van der Waals surface area contributed by atoms with Crippen LogP contribution in [0.4, 0.5) is 8.78 Å². The van der Waals surface area contributed by atoms with E-state index in [0.717, 1.165) is 6.42 Å². The van der Waals surface area contributed by atoms with Crippen LogP contribution in [0.15, 0.2) is 0 Å². The van der Waals surface area contributed by atoms with Gasteiger partial charge in [0.25, 0.3) is 5.91 Å². The van der Waals surface area contributed by atoms with Gasteiger partial charge in [0.05, 0.1) is 0 Å². The fraction of sp³-hybridized carbons (Fsp3) is 0.900. The highest BCUT2D eigenvalue weighted by molar-refractivity contribution is 5.84. The van der Waals surface area contributed by atoms with Gasteiger partial charge in [0, 0.05) is 32.1 Å². The molecule has 15 heavy (non-hydrogen) atoms. The van der Waals surface area contributed by atoms with Crippen molar-refractivity contribution in [1.82, 2.24) is 10.2 Å². The topological polar surface area (TPSA) is 32.3 Å². The Kier molecular flexibility index (Phi) is 2.91. The zero-order valence-electron chi connectivity index (χ0n) is 8.64. The van der Waals surface area contributed by atoms with Gasteiger partial charge in [-0.15, -0.1) is 0 Å². The van der Waals surface area contributed by atoms with Crippen molar-refractivity contribution in [2.75, 3.05) is 26.2 Å². The maximum absolute atomic E-state index is 13.6. The Morgan fingerprint density at radius 2 is 1.87 bits per heavy atom. The van der Waals surface area contributed by atoms with E-state index in [1.165, 1.54) is 4.90 Å². The van der Waals surface area contributed by atoms with Crippen molar-refractivity contribution in [2.24, 2.45) is 5.92 Å². The van der Waals surface area contributed by atoms with Gasteiger partial charge in [-0.1, -0.05) is 6.42 Å². The summed E-state index contributed by atoms with van der Waals surface area (Å²) in [5.41, 5.74) is 0. The lowest BCUT2D eigenvalue weighted by Gasteiger charge is -2.37. The van der Waals surface area contributed by atoms with E-state index < -0.39 is 17.7 Å². The Hall–Kier alpha value is -0.710. The van der Waals surface area contributed by atoms with Crippen molar-refractivity contribution in [2.45, 2.75) is 25.2 Å². The number of hydrogen-bond acceptors (Lipinski definition) is 2. The highest BCUT2D eigenvalue weighted by atomic mass is 19.3. The molecule has 1 aliphatic heterocycles. The number of nitrogens with zero attached hydrogens (tertiary/aromatic N) is 1. The smallest absolute Gasteiger partial charge is 0.327 e. The van der Waals surface area contributed by atoms with Crippen LogP contribution in [0.2, 0.25) is 0 Å².